The van der Waals surface area contributed by atoms with Gasteiger partial charge in [0.15, 0.2) is 11.6 Å². The van der Waals surface area contributed by atoms with Crippen LogP contribution in [0.3, 0.4) is 0 Å². The molecule has 0 fully saturated rings. The van der Waals surface area contributed by atoms with Gasteiger partial charge in [-0.25, -0.2) is 9.18 Å². The number of aromatic nitrogens is 2. The Kier molecular flexibility index (Phi) is 4.79. The molecule has 128 valence electrons. The van der Waals surface area contributed by atoms with Gasteiger partial charge in [-0.2, -0.15) is 5.10 Å². The summed E-state index contributed by atoms with van der Waals surface area (Å²) in [6, 6.07) is 13.4. The van der Waals surface area contributed by atoms with Crippen LogP contribution in [-0.2, 0) is 11.4 Å². The van der Waals surface area contributed by atoms with Crippen molar-refractivity contribution in [2.45, 2.75) is 19.6 Å². The number of benzene rings is 2. The number of halogens is 1. The quantitative estimate of drug-likeness (QED) is 0.739. The predicted molar refractivity (Wildman–Crippen MR) is 90.7 cm³/mol. The first-order valence-corrected chi connectivity index (χ1v) is 7.78. The van der Waals surface area contributed by atoms with Crippen LogP contribution in [0.25, 0.3) is 11.1 Å². The highest BCUT2D eigenvalue weighted by molar-refractivity contribution is 5.71. The van der Waals surface area contributed by atoms with Crippen molar-refractivity contribution in [1.82, 2.24) is 9.78 Å². The summed E-state index contributed by atoms with van der Waals surface area (Å²) in [4.78, 5) is 11.0. The molecule has 1 atom stereocenters. The number of carboxylic acids is 1. The normalized spacial score (nSPS) is 11.9. The first-order chi connectivity index (χ1) is 12.0. The minimum absolute atomic E-state index is 0.166. The number of nitrogens with zero attached hydrogens (tertiary/aromatic N) is 2. The smallest absolute Gasteiger partial charge is 0.328 e. The Labute approximate surface area is 144 Å². The molecule has 0 aliphatic carbocycles. The fraction of sp³-hybridized carbons (Fsp3) is 0.158. The number of ether oxygens (including phenoxy) is 1. The van der Waals surface area contributed by atoms with Crippen molar-refractivity contribution in [2.75, 3.05) is 0 Å². The highest BCUT2D eigenvalue weighted by Crippen LogP contribution is 2.26. The van der Waals surface area contributed by atoms with Crippen LogP contribution in [0.2, 0.25) is 0 Å². The largest absolute Gasteiger partial charge is 0.486 e. The van der Waals surface area contributed by atoms with E-state index in [-0.39, 0.29) is 12.4 Å². The van der Waals surface area contributed by atoms with Crippen molar-refractivity contribution in [2.24, 2.45) is 0 Å². The fourth-order valence-corrected chi connectivity index (χ4v) is 2.34. The molecular formula is C19H17FN2O3. The summed E-state index contributed by atoms with van der Waals surface area (Å²) in [7, 11) is 0. The van der Waals surface area contributed by atoms with Gasteiger partial charge in [-0.05, 0) is 30.2 Å². The van der Waals surface area contributed by atoms with Crippen LogP contribution in [-0.4, -0.2) is 20.9 Å². The van der Waals surface area contributed by atoms with E-state index in [0.29, 0.717) is 11.1 Å². The van der Waals surface area contributed by atoms with E-state index in [0.717, 1.165) is 5.56 Å². The van der Waals surface area contributed by atoms with Crippen LogP contribution in [0, 0.1) is 5.82 Å². The standard InChI is InChI=1S/C19H17FN2O3/c1-13(19(23)24)22-11-16(10-21-22)15-7-8-18(17(20)9-15)25-12-14-5-3-2-4-6-14/h2-11,13H,12H2,1H3,(H,23,24). The van der Waals surface area contributed by atoms with Crippen molar-refractivity contribution in [3.05, 3.63) is 72.3 Å². The number of rotatable bonds is 6. The molecular weight excluding hydrogens is 323 g/mol. The molecule has 2 aromatic carbocycles. The molecule has 1 N–H and O–H groups in total. The number of aliphatic carboxylic acids is 1. The highest BCUT2D eigenvalue weighted by Gasteiger charge is 2.15. The maximum atomic E-state index is 14.3. The Bertz CT molecular complexity index is 877. The molecule has 3 rings (SSSR count). The van der Waals surface area contributed by atoms with Crippen LogP contribution >= 0.6 is 0 Å². The van der Waals surface area contributed by atoms with Crippen molar-refractivity contribution >= 4 is 5.97 Å². The fourth-order valence-electron chi connectivity index (χ4n) is 2.34. The third-order valence-electron chi connectivity index (χ3n) is 3.86. The van der Waals surface area contributed by atoms with E-state index >= 15 is 0 Å². The van der Waals surface area contributed by atoms with Crippen molar-refractivity contribution in [1.29, 1.82) is 0 Å². The first-order valence-electron chi connectivity index (χ1n) is 7.78. The van der Waals surface area contributed by atoms with Crippen LogP contribution < -0.4 is 4.74 Å². The van der Waals surface area contributed by atoms with E-state index < -0.39 is 17.8 Å². The monoisotopic (exact) mass is 340 g/mol. The van der Waals surface area contributed by atoms with Gasteiger partial charge in [0, 0.05) is 11.8 Å². The highest BCUT2D eigenvalue weighted by atomic mass is 19.1. The summed E-state index contributed by atoms with van der Waals surface area (Å²) in [6.07, 6.45) is 3.09. The van der Waals surface area contributed by atoms with Gasteiger partial charge in [0.1, 0.15) is 12.6 Å². The zero-order valence-electron chi connectivity index (χ0n) is 13.6. The Morgan fingerprint density at radius 2 is 2.00 bits per heavy atom. The lowest BCUT2D eigenvalue weighted by molar-refractivity contribution is -0.140. The number of carboxylic acid groups (broad SMARTS) is 1. The summed E-state index contributed by atoms with van der Waals surface area (Å²) in [5, 5.41) is 13.0. The third kappa shape index (κ3) is 3.85. The predicted octanol–water partition coefficient (Wildman–Crippen LogP) is 3.91. The Morgan fingerprint density at radius 1 is 1.24 bits per heavy atom. The van der Waals surface area contributed by atoms with E-state index in [2.05, 4.69) is 5.10 Å². The van der Waals surface area contributed by atoms with Crippen molar-refractivity contribution in [3.63, 3.8) is 0 Å². The molecule has 0 radical (unpaired) electrons. The molecule has 1 aromatic heterocycles. The SMILES string of the molecule is CC(C(=O)O)n1cc(-c2ccc(OCc3ccccc3)c(F)c2)cn1. The number of carbonyl (C=O) groups is 1. The molecule has 3 aromatic rings. The molecule has 0 aliphatic heterocycles. The molecule has 0 bridgehead atoms. The summed E-state index contributed by atoms with van der Waals surface area (Å²) in [6.45, 7) is 1.81. The second kappa shape index (κ2) is 7.17. The van der Waals surface area contributed by atoms with Gasteiger partial charge >= 0.3 is 5.97 Å². The second-order valence-electron chi connectivity index (χ2n) is 5.64. The van der Waals surface area contributed by atoms with Crippen LogP contribution in [0.1, 0.15) is 18.5 Å². The average molecular weight is 340 g/mol. The third-order valence-corrected chi connectivity index (χ3v) is 3.86. The van der Waals surface area contributed by atoms with E-state index in [1.807, 2.05) is 30.3 Å². The molecule has 5 nitrogen and oxygen atoms in total. The molecule has 0 aliphatic rings. The van der Waals surface area contributed by atoms with Crippen LogP contribution in [0.15, 0.2) is 60.9 Å². The Hall–Kier alpha value is -3.15. The summed E-state index contributed by atoms with van der Waals surface area (Å²) in [5.74, 6) is -1.29. The molecule has 1 heterocycles. The molecule has 0 saturated carbocycles. The Balaban J connectivity index is 1.74. The maximum Gasteiger partial charge on any atom is 0.328 e. The van der Waals surface area contributed by atoms with Crippen molar-refractivity contribution in [3.8, 4) is 16.9 Å². The second-order valence-corrected chi connectivity index (χ2v) is 5.64. The zero-order chi connectivity index (χ0) is 17.8. The maximum absolute atomic E-state index is 14.3. The molecule has 25 heavy (non-hydrogen) atoms. The molecule has 0 spiro atoms. The van der Waals surface area contributed by atoms with Crippen molar-refractivity contribution < 1.29 is 19.0 Å². The minimum atomic E-state index is -0.981. The van der Waals surface area contributed by atoms with Gasteiger partial charge in [0.25, 0.3) is 0 Å². The van der Waals surface area contributed by atoms with Gasteiger partial charge < -0.3 is 9.84 Å². The Morgan fingerprint density at radius 3 is 2.68 bits per heavy atom. The van der Waals surface area contributed by atoms with E-state index in [1.165, 1.54) is 23.9 Å². The first kappa shape index (κ1) is 16.7. The molecule has 6 heteroatoms. The average Bonchev–Trinajstić information content (AvgIpc) is 3.10. The summed E-state index contributed by atoms with van der Waals surface area (Å²) in [5.41, 5.74) is 2.20. The van der Waals surface area contributed by atoms with Gasteiger partial charge in [-0.3, -0.25) is 4.68 Å². The van der Waals surface area contributed by atoms with Crippen LogP contribution in [0.5, 0.6) is 5.75 Å². The number of hydrogen-bond donors (Lipinski definition) is 1. The van der Waals surface area contributed by atoms with Crippen LogP contribution in [0.4, 0.5) is 4.39 Å². The molecule has 1 unspecified atom stereocenters. The lowest BCUT2D eigenvalue weighted by Crippen LogP contribution is -2.15. The van der Waals surface area contributed by atoms with E-state index in [9.17, 15) is 9.18 Å². The lowest BCUT2D eigenvalue weighted by atomic mass is 10.1. The summed E-state index contributed by atoms with van der Waals surface area (Å²) < 4.78 is 21.1. The van der Waals surface area contributed by atoms with Gasteiger partial charge in [-0.15, -0.1) is 0 Å². The molecule has 0 saturated heterocycles. The van der Waals surface area contributed by atoms with E-state index in [1.54, 1.807) is 18.3 Å². The van der Waals surface area contributed by atoms with Gasteiger partial charge in [0.2, 0.25) is 0 Å². The minimum Gasteiger partial charge on any atom is -0.486 e. The molecule has 0 amide bonds. The zero-order valence-corrected chi connectivity index (χ0v) is 13.6. The topological polar surface area (TPSA) is 64.3 Å². The lowest BCUT2D eigenvalue weighted by Gasteiger charge is -2.08. The van der Waals surface area contributed by atoms with Gasteiger partial charge in [-0.1, -0.05) is 36.4 Å². The number of hydrogen-bond acceptors (Lipinski definition) is 3. The van der Waals surface area contributed by atoms with Gasteiger partial charge in [0.05, 0.1) is 6.20 Å². The van der Waals surface area contributed by atoms with E-state index in [4.69, 9.17) is 9.84 Å². The summed E-state index contributed by atoms with van der Waals surface area (Å²) >= 11 is 0.